The molecule has 0 aromatic carbocycles. The molecule has 0 fully saturated rings. The van der Waals surface area contributed by atoms with Crippen LogP contribution in [0.15, 0.2) is 0 Å². The van der Waals surface area contributed by atoms with Gasteiger partial charge >= 0.3 is 12.0 Å². The molecule has 0 aliphatic rings. The molecule has 0 rings (SSSR count). The van der Waals surface area contributed by atoms with Gasteiger partial charge in [0, 0.05) is 26.2 Å². The molecular formula is C11H22N2O4. The van der Waals surface area contributed by atoms with Crippen LogP contribution in [-0.4, -0.2) is 64.3 Å². The molecule has 0 saturated heterocycles. The van der Waals surface area contributed by atoms with Crippen LogP contribution in [0, 0.1) is 0 Å². The summed E-state index contributed by atoms with van der Waals surface area (Å²) < 4.78 is 0. The van der Waals surface area contributed by atoms with E-state index in [9.17, 15) is 14.7 Å². The highest BCUT2D eigenvalue weighted by Crippen LogP contribution is 2.07. The second-order valence-electron chi connectivity index (χ2n) is 4.25. The van der Waals surface area contributed by atoms with Crippen LogP contribution >= 0.6 is 0 Å². The van der Waals surface area contributed by atoms with Gasteiger partial charge in [0.15, 0.2) is 0 Å². The molecule has 0 aliphatic carbocycles. The van der Waals surface area contributed by atoms with Crippen LogP contribution in [0.25, 0.3) is 0 Å². The van der Waals surface area contributed by atoms with Gasteiger partial charge in [-0.15, -0.1) is 0 Å². The highest BCUT2D eigenvalue weighted by atomic mass is 16.4. The van der Waals surface area contributed by atoms with E-state index >= 15 is 0 Å². The van der Waals surface area contributed by atoms with Crippen molar-refractivity contribution in [3.8, 4) is 0 Å². The average Bonchev–Trinajstić information content (AvgIpc) is 2.16. The number of hydrogen-bond donors (Lipinski definition) is 2. The fourth-order valence-corrected chi connectivity index (χ4v) is 1.69. The number of urea groups is 1. The molecule has 100 valence electrons. The summed E-state index contributed by atoms with van der Waals surface area (Å²) in [6.07, 6.45) is -0.681. The summed E-state index contributed by atoms with van der Waals surface area (Å²) in [6.45, 7) is 5.77. The molecule has 0 spiro atoms. The van der Waals surface area contributed by atoms with Crippen LogP contribution in [0.3, 0.4) is 0 Å². The molecule has 0 heterocycles. The minimum Gasteiger partial charge on any atom is -0.481 e. The number of aliphatic carboxylic acids is 1. The first-order chi connectivity index (χ1) is 7.79. The summed E-state index contributed by atoms with van der Waals surface area (Å²) in [6, 6.07) is -0.622. The Balaban J connectivity index is 4.53. The molecule has 0 aromatic rings. The molecule has 0 bridgehead atoms. The summed E-state index contributed by atoms with van der Waals surface area (Å²) >= 11 is 0. The topological polar surface area (TPSA) is 81.1 Å². The lowest BCUT2D eigenvalue weighted by Crippen LogP contribution is -2.48. The molecule has 17 heavy (non-hydrogen) atoms. The van der Waals surface area contributed by atoms with Crippen LogP contribution in [0.4, 0.5) is 4.79 Å². The first-order valence-corrected chi connectivity index (χ1v) is 5.71. The summed E-state index contributed by atoms with van der Waals surface area (Å²) in [5, 5.41) is 17.9. The van der Waals surface area contributed by atoms with Crippen LogP contribution in [0.2, 0.25) is 0 Å². The smallest absolute Gasteiger partial charge is 0.320 e. The fourth-order valence-electron chi connectivity index (χ4n) is 1.69. The Morgan fingerprint density at radius 1 is 1.29 bits per heavy atom. The average molecular weight is 246 g/mol. The van der Waals surface area contributed by atoms with Gasteiger partial charge in [-0.25, -0.2) is 4.79 Å². The lowest BCUT2D eigenvalue weighted by Gasteiger charge is -2.32. The van der Waals surface area contributed by atoms with E-state index in [0.717, 1.165) is 0 Å². The number of aliphatic hydroxyl groups is 1. The quantitative estimate of drug-likeness (QED) is 0.719. The van der Waals surface area contributed by atoms with Crippen molar-refractivity contribution < 1.29 is 19.8 Å². The molecule has 0 aromatic heterocycles. The van der Waals surface area contributed by atoms with Gasteiger partial charge in [-0.2, -0.15) is 0 Å². The minimum atomic E-state index is -0.929. The van der Waals surface area contributed by atoms with Gasteiger partial charge in [-0.1, -0.05) is 0 Å². The Morgan fingerprint density at radius 3 is 2.18 bits per heavy atom. The van der Waals surface area contributed by atoms with Crippen molar-refractivity contribution in [2.75, 3.05) is 20.1 Å². The number of carbonyl (C=O) groups excluding carboxylic acids is 1. The van der Waals surface area contributed by atoms with Gasteiger partial charge in [0.25, 0.3) is 0 Å². The first-order valence-electron chi connectivity index (χ1n) is 5.71. The summed E-state index contributed by atoms with van der Waals surface area (Å²) in [5.41, 5.74) is 0. The number of carboxylic acids is 1. The molecule has 2 N–H and O–H groups in total. The predicted molar refractivity (Wildman–Crippen MR) is 63.8 cm³/mol. The van der Waals surface area contributed by atoms with E-state index < -0.39 is 12.1 Å². The Hall–Kier alpha value is -1.30. The van der Waals surface area contributed by atoms with Crippen molar-refractivity contribution in [2.45, 2.75) is 39.3 Å². The number of nitrogens with zero attached hydrogens (tertiary/aromatic N) is 2. The molecule has 6 heteroatoms. The van der Waals surface area contributed by atoms with E-state index in [4.69, 9.17) is 5.11 Å². The predicted octanol–water partition coefficient (Wildman–Crippen LogP) is 0.604. The Bertz CT molecular complexity index is 268. The van der Waals surface area contributed by atoms with E-state index in [2.05, 4.69) is 0 Å². The Kier molecular flexibility index (Phi) is 6.57. The van der Waals surface area contributed by atoms with Gasteiger partial charge in [-0.3, -0.25) is 4.79 Å². The van der Waals surface area contributed by atoms with E-state index in [-0.39, 0.29) is 25.0 Å². The van der Waals surface area contributed by atoms with Crippen molar-refractivity contribution in [3.63, 3.8) is 0 Å². The van der Waals surface area contributed by atoms with E-state index in [0.29, 0.717) is 6.54 Å². The maximum absolute atomic E-state index is 12.0. The number of likely N-dealkylation sites (N-methyl/N-ethyl adjacent to an activating group) is 1. The molecule has 6 nitrogen and oxygen atoms in total. The third-order valence-electron chi connectivity index (χ3n) is 2.45. The zero-order chi connectivity index (χ0) is 13.6. The molecule has 2 unspecified atom stereocenters. The lowest BCUT2D eigenvalue weighted by molar-refractivity contribution is -0.138. The highest BCUT2D eigenvalue weighted by molar-refractivity contribution is 5.75. The largest absolute Gasteiger partial charge is 0.481 e. The number of aliphatic hydroxyl groups excluding tert-OH is 1. The zero-order valence-corrected chi connectivity index (χ0v) is 10.9. The van der Waals surface area contributed by atoms with Gasteiger partial charge in [0.05, 0.1) is 12.5 Å². The Morgan fingerprint density at radius 2 is 1.82 bits per heavy atom. The number of hydrogen-bond acceptors (Lipinski definition) is 3. The Labute approximate surface area is 102 Å². The van der Waals surface area contributed by atoms with E-state index in [1.165, 1.54) is 9.80 Å². The standard InChI is InChI=1S/C11H22N2O4/c1-5-13(8(2)6-10(15)16)11(17)12(4)7-9(3)14/h8-9,14H,5-7H2,1-4H3,(H,15,16). The van der Waals surface area contributed by atoms with Gasteiger partial charge < -0.3 is 20.0 Å². The second kappa shape index (κ2) is 7.11. The van der Waals surface area contributed by atoms with Crippen molar-refractivity contribution >= 4 is 12.0 Å². The van der Waals surface area contributed by atoms with Crippen LogP contribution in [-0.2, 0) is 4.79 Å². The van der Waals surface area contributed by atoms with Crippen molar-refractivity contribution in [1.82, 2.24) is 9.80 Å². The summed E-state index contributed by atoms with van der Waals surface area (Å²) in [5.74, 6) is -0.929. The molecule has 0 saturated carbocycles. The van der Waals surface area contributed by atoms with Gasteiger partial charge in [-0.05, 0) is 20.8 Å². The minimum absolute atomic E-state index is 0.0813. The highest BCUT2D eigenvalue weighted by Gasteiger charge is 2.23. The normalized spacial score (nSPS) is 13.9. The maximum Gasteiger partial charge on any atom is 0.320 e. The zero-order valence-electron chi connectivity index (χ0n) is 10.9. The number of carbonyl (C=O) groups is 2. The molecule has 2 amide bonds. The van der Waals surface area contributed by atoms with Crippen molar-refractivity contribution in [1.29, 1.82) is 0 Å². The van der Waals surface area contributed by atoms with Crippen molar-refractivity contribution in [2.24, 2.45) is 0 Å². The first kappa shape index (κ1) is 15.7. The SMILES string of the molecule is CCN(C(=O)N(C)CC(C)O)C(C)CC(=O)O. The fraction of sp³-hybridized carbons (Fsp3) is 0.818. The lowest BCUT2D eigenvalue weighted by atomic mass is 10.2. The number of rotatable bonds is 6. The molecule has 2 atom stereocenters. The van der Waals surface area contributed by atoms with Gasteiger partial charge in [0.1, 0.15) is 0 Å². The molecular weight excluding hydrogens is 224 g/mol. The molecule has 0 radical (unpaired) electrons. The second-order valence-corrected chi connectivity index (χ2v) is 4.25. The third kappa shape index (κ3) is 5.53. The molecule has 0 aliphatic heterocycles. The van der Waals surface area contributed by atoms with E-state index in [1.54, 1.807) is 27.8 Å². The monoisotopic (exact) mass is 246 g/mol. The number of carboxylic acid groups (broad SMARTS) is 1. The van der Waals surface area contributed by atoms with Gasteiger partial charge in [0.2, 0.25) is 0 Å². The maximum atomic E-state index is 12.0. The van der Waals surface area contributed by atoms with Crippen LogP contribution in [0.1, 0.15) is 27.2 Å². The number of amides is 2. The summed E-state index contributed by atoms with van der Waals surface area (Å²) in [4.78, 5) is 25.5. The van der Waals surface area contributed by atoms with E-state index in [1.807, 2.05) is 0 Å². The van der Waals surface area contributed by atoms with Crippen molar-refractivity contribution in [3.05, 3.63) is 0 Å². The van der Waals surface area contributed by atoms with Crippen LogP contribution < -0.4 is 0 Å². The summed E-state index contributed by atoms with van der Waals surface area (Å²) in [7, 11) is 1.59. The third-order valence-corrected chi connectivity index (χ3v) is 2.45. The van der Waals surface area contributed by atoms with Crippen LogP contribution in [0.5, 0.6) is 0 Å².